The molecular weight excluding hydrogens is 242 g/mol. The van der Waals surface area contributed by atoms with Crippen LogP contribution in [0.25, 0.3) is 0 Å². The Kier molecular flexibility index (Phi) is 4.34. The van der Waals surface area contributed by atoms with Gasteiger partial charge in [-0.2, -0.15) is 5.26 Å². The minimum absolute atomic E-state index is 0.0431. The Labute approximate surface area is 91.7 Å². The van der Waals surface area contributed by atoms with E-state index in [0.29, 0.717) is 17.5 Å². The molecule has 0 aliphatic heterocycles. The van der Waals surface area contributed by atoms with Crippen LogP contribution in [0.2, 0.25) is 0 Å². The second-order valence-electron chi connectivity index (χ2n) is 2.87. The summed E-state index contributed by atoms with van der Waals surface area (Å²) in [5.41, 5.74) is 1.00. The van der Waals surface area contributed by atoms with E-state index in [1.807, 2.05) is 6.07 Å². The Bertz CT molecular complexity index is 368. The Morgan fingerprint density at radius 3 is 2.79 bits per heavy atom. The van der Waals surface area contributed by atoms with Crippen LogP contribution in [0.1, 0.15) is 28.8 Å². The summed E-state index contributed by atoms with van der Waals surface area (Å²) < 4.78 is 0. The van der Waals surface area contributed by atoms with Gasteiger partial charge in [-0.1, -0.05) is 34.1 Å². The smallest absolute Gasteiger partial charge is 0.164 e. The molecule has 1 aromatic carbocycles. The van der Waals surface area contributed by atoms with Crippen molar-refractivity contribution in [2.45, 2.75) is 12.8 Å². The van der Waals surface area contributed by atoms with E-state index in [1.165, 1.54) is 0 Å². The van der Waals surface area contributed by atoms with E-state index >= 15 is 0 Å². The van der Waals surface area contributed by atoms with Crippen LogP contribution in [0.4, 0.5) is 0 Å². The third-order valence-corrected chi connectivity index (χ3v) is 2.45. The number of ketones is 1. The van der Waals surface area contributed by atoms with E-state index in [1.54, 1.807) is 24.3 Å². The molecule has 0 bridgehead atoms. The van der Waals surface area contributed by atoms with Crippen LogP contribution in [-0.4, -0.2) is 11.1 Å². The fourth-order valence-electron chi connectivity index (χ4n) is 1.19. The third-order valence-electron chi connectivity index (χ3n) is 1.89. The van der Waals surface area contributed by atoms with Crippen LogP contribution in [0.15, 0.2) is 24.3 Å². The first-order valence-electron chi connectivity index (χ1n) is 4.38. The number of nitrogens with zero attached hydrogens (tertiary/aromatic N) is 1. The third kappa shape index (κ3) is 2.68. The highest BCUT2D eigenvalue weighted by Crippen LogP contribution is 2.11. The molecule has 0 radical (unpaired) electrons. The monoisotopic (exact) mass is 251 g/mol. The summed E-state index contributed by atoms with van der Waals surface area (Å²) in [6.45, 7) is 0. The molecule has 0 fully saturated rings. The maximum absolute atomic E-state index is 11.6. The van der Waals surface area contributed by atoms with Crippen LogP contribution in [-0.2, 0) is 0 Å². The number of rotatable bonds is 4. The molecule has 0 atom stereocenters. The summed E-state index contributed by atoms with van der Waals surface area (Å²) in [4.78, 5) is 11.6. The van der Waals surface area contributed by atoms with Gasteiger partial charge in [0.25, 0.3) is 0 Å². The van der Waals surface area contributed by atoms with Crippen LogP contribution >= 0.6 is 15.9 Å². The number of carbonyl (C=O) groups is 1. The fraction of sp³-hybridized carbons (Fsp3) is 0.273. The van der Waals surface area contributed by atoms with Crippen LogP contribution in [0.3, 0.4) is 0 Å². The number of alkyl halides is 1. The molecule has 0 aliphatic rings. The SMILES string of the molecule is N#Cc1ccccc1C(=O)CCCBr. The molecule has 0 amide bonds. The summed E-state index contributed by atoms with van der Waals surface area (Å²) in [6, 6.07) is 8.94. The predicted octanol–water partition coefficient (Wildman–Crippen LogP) is 2.92. The number of Topliss-reactive ketones (excluding diaryl/α,β-unsaturated/α-hetero) is 1. The molecule has 0 unspecified atom stereocenters. The van der Waals surface area contributed by atoms with Crippen molar-refractivity contribution in [2.75, 3.05) is 5.33 Å². The van der Waals surface area contributed by atoms with Crippen LogP contribution < -0.4 is 0 Å². The Hall–Kier alpha value is -1.14. The molecule has 0 saturated heterocycles. The molecular formula is C11H10BrNO. The Balaban J connectivity index is 2.85. The molecule has 0 N–H and O–H groups in total. The van der Waals surface area contributed by atoms with Gasteiger partial charge < -0.3 is 0 Å². The molecule has 72 valence electrons. The lowest BCUT2D eigenvalue weighted by atomic mass is 10.0. The summed E-state index contributed by atoms with van der Waals surface area (Å²) in [5.74, 6) is 0.0431. The number of benzene rings is 1. The van der Waals surface area contributed by atoms with Crippen molar-refractivity contribution in [3.05, 3.63) is 35.4 Å². The maximum atomic E-state index is 11.6. The number of halogens is 1. The van der Waals surface area contributed by atoms with Gasteiger partial charge in [0.1, 0.15) is 0 Å². The van der Waals surface area contributed by atoms with E-state index in [9.17, 15) is 4.79 Å². The lowest BCUT2D eigenvalue weighted by Crippen LogP contribution is -2.01. The molecule has 0 aromatic heterocycles. The molecule has 3 heteroatoms. The van der Waals surface area contributed by atoms with E-state index in [0.717, 1.165) is 11.8 Å². The predicted molar refractivity (Wildman–Crippen MR) is 58.5 cm³/mol. The fourth-order valence-corrected chi connectivity index (χ4v) is 1.47. The zero-order valence-corrected chi connectivity index (χ0v) is 9.25. The Morgan fingerprint density at radius 2 is 2.14 bits per heavy atom. The number of carbonyl (C=O) groups excluding carboxylic acids is 1. The van der Waals surface area contributed by atoms with E-state index in [-0.39, 0.29) is 5.78 Å². The minimum atomic E-state index is 0.0431. The molecule has 14 heavy (non-hydrogen) atoms. The van der Waals surface area contributed by atoms with Gasteiger partial charge in [-0.05, 0) is 12.5 Å². The standard InChI is InChI=1S/C11H10BrNO/c12-7-3-6-11(14)10-5-2-1-4-9(10)8-13/h1-2,4-5H,3,6-7H2. The van der Waals surface area contributed by atoms with E-state index < -0.39 is 0 Å². The van der Waals surface area contributed by atoms with Crippen molar-refractivity contribution in [2.24, 2.45) is 0 Å². The first-order chi connectivity index (χ1) is 6.79. The number of hydrogen-bond donors (Lipinski definition) is 0. The maximum Gasteiger partial charge on any atom is 0.164 e. The highest BCUT2D eigenvalue weighted by atomic mass is 79.9. The highest BCUT2D eigenvalue weighted by molar-refractivity contribution is 9.09. The summed E-state index contributed by atoms with van der Waals surface area (Å²) in [6.07, 6.45) is 1.29. The van der Waals surface area contributed by atoms with Gasteiger partial charge in [-0.25, -0.2) is 0 Å². The lowest BCUT2D eigenvalue weighted by Gasteiger charge is -2.01. The zero-order chi connectivity index (χ0) is 10.4. The van der Waals surface area contributed by atoms with Crippen LogP contribution in [0, 0.1) is 11.3 Å². The molecule has 1 aromatic rings. The van der Waals surface area contributed by atoms with Crippen molar-refractivity contribution in [3.63, 3.8) is 0 Å². The molecule has 0 aliphatic carbocycles. The van der Waals surface area contributed by atoms with Crippen molar-refractivity contribution in [3.8, 4) is 6.07 Å². The largest absolute Gasteiger partial charge is 0.294 e. The Morgan fingerprint density at radius 1 is 1.43 bits per heavy atom. The summed E-state index contributed by atoms with van der Waals surface area (Å²) >= 11 is 3.27. The zero-order valence-electron chi connectivity index (χ0n) is 7.66. The van der Waals surface area contributed by atoms with E-state index in [2.05, 4.69) is 15.9 Å². The quantitative estimate of drug-likeness (QED) is 0.610. The summed E-state index contributed by atoms with van der Waals surface area (Å²) in [7, 11) is 0. The first kappa shape index (κ1) is 10.9. The summed E-state index contributed by atoms with van der Waals surface area (Å²) in [5, 5.41) is 9.59. The average molecular weight is 252 g/mol. The molecule has 0 spiro atoms. The van der Waals surface area contributed by atoms with Crippen molar-refractivity contribution in [1.29, 1.82) is 5.26 Å². The lowest BCUT2D eigenvalue weighted by molar-refractivity contribution is 0.0982. The normalized spacial score (nSPS) is 9.43. The van der Waals surface area contributed by atoms with Crippen molar-refractivity contribution >= 4 is 21.7 Å². The minimum Gasteiger partial charge on any atom is -0.294 e. The van der Waals surface area contributed by atoms with Crippen LogP contribution in [0.5, 0.6) is 0 Å². The molecule has 1 rings (SSSR count). The van der Waals surface area contributed by atoms with Gasteiger partial charge in [0, 0.05) is 17.3 Å². The van der Waals surface area contributed by atoms with E-state index in [4.69, 9.17) is 5.26 Å². The van der Waals surface area contributed by atoms with Gasteiger partial charge >= 0.3 is 0 Å². The van der Waals surface area contributed by atoms with Gasteiger partial charge in [0.2, 0.25) is 0 Å². The molecule has 2 nitrogen and oxygen atoms in total. The molecule has 0 saturated carbocycles. The first-order valence-corrected chi connectivity index (χ1v) is 5.50. The van der Waals surface area contributed by atoms with Gasteiger partial charge in [-0.3, -0.25) is 4.79 Å². The second kappa shape index (κ2) is 5.56. The second-order valence-corrected chi connectivity index (χ2v) is 3.67. The topological polar surface area (TPSA) is 40.9 Å². The van der Waals surface area contributed by atoms with Crippen molar-refractivity contribution in [1.82, 2.24) is 0 Å². The number of nitriles is 1. The van der Waals surface area contributed by atoms with Crippen molar-refractivity contribution < 1.29 is 4.79 Å². The average Bonchev–Trinajstić information content (AvgIpc) is 2.25. The van der Waals surface area contributed by atoms with Gasteiger partial charge in [0.05, 0.1) is 11.6 Å². The highest BCUT2D eigenvalue weighted by Gasteiger charge is 2.09. The number of hydrogen-bond acceptors (Lipinski definition) is 2. The van der Waals surface area contributed by atoms with Gasteiger partial charge in [-0.15, -0.1) is 0 Å². The van der Waals surface area contributed by atoms with Gasteiger partial charge in [0.15, 0.2) is 5.78 Å². The molecule has 0 heterocycles.